The standard InChI is InChI=1S/C16H21N3O/c20-10-9-19-16-8-4-7-15(14(16)12-18-19)17-11-13-5-2-1-3-6-13/h1-3,5-6,12,15,17,20H,4,7-11H2. The molecule has 0 amide bonds. The average molecular weight is 271 g/mol. The molecule has 3 rings (SSSR count). The van der Waals surface area contributed by atoms with Crippen molar-refractivity contribution in [2.24, 2.45) is 0 Å². The molecule has 0 aliphatic heterocycles. The minimum atomic E-state index is 0.149. The number of nitrogens with one attached hydrogen (secondary N) is 1. The topological polar surface area (TPSA) is 50.1 Å². The summed E-state index contributed by atoms with van der Waals surface area (Å²) in [6, 6.07) is 10.9. The highest BCUT2D eigenvalue weighted by Gasteiger charge is 2.23. The molecule has 1 aromatic heterocycles. The number of rotatable bonds is 5. The van der Waals surface area contributed by atoms with Crippen molar-refractivity contribution in [3.8, 4) is 0 Å². The van der Waals surface area contributed by atoms with Crippen LogP contribution >= 0.6 is 0 Å². The van der Waals surface area contributed by atoms with Gasteiger partial charge in [0.2, 0.25) is 0 Å². The molecule has 1 heterocycles. The van der Waals surface area contributed by atoms with Crippen molar-refractivity contribution >= 4 is 0 Å². The van der Waals surface area contributed by atoms with E-state index < -0.39 is 0 Å². The predicted molar refractivity (Wildman–Crippen MR) is 78.3 cm³/mol. The zero-order valence-electron chi connectivity index (χ0n) is 11.6. The Morgan fingerprint density at radius 1 is 1.30 bits per heavy atom. The van der Waals surface area contributed by atoms with Gasteiger partial charge in [0, 0.05) is 23.8 Å². The third-order valence-corrected chi connectivity index (χ3v) is 3.97. The lowest BCUT2D eigenvalue weighted by Crippen LogP contribution is -2.25. The van der Waals surface area contributed by atoms with E-state index in [2.05, 4.69) is 34.7 Å². The van der Waals surface area contributed by atoms with Crippen molar-refractivity contribution in [1.29, 1.82) is 0 Å². The van der Waals surface area contributed by atoms with Gasteiger partial charge in [0.1, 0.15) is 0 Å². The molecule has 2 N–H and O–H groups in total. The van der Waals surface area contributed by atoms with Crippen LogP contribution in [0.4, 0.5) is 0 Å². The molecule has 20 heavy (non-hydrogen) atoms. The minimum Gasteiger partial charge on any atom is -0.394 e. The Bertz CT molecular complexity index is 550. The molecular weight excluding hydrogens is 250 g/mol. The van der Waals surface area contributed by atoms with Crippen molar-refractivity contribution in [3.05, 3.63) is 53.3 Å². The van der Waals surface area contributed by atoms with Crippen LogP contribution in [0, 0.1) is 0 Å². The molecule has 0 radical (unpaired) electrons. The predicted octanol–water partition coefficient (Wildman–Crippen LogP) is 2.04. The van der Waals surface area contributed by atoms with Crippen LogP contribution in [0.2, 0.25) is 0 Å². The number of aliphatic hydroxyl groups is 1. The van der Waals surface area contributed by atoms with Crippen molar-refractivity contribution in [2.45, 2.75) is 38.4 Å². The fraction of sp³-hybridized carbons (Fsp3) is 0.438. The fourth-order valence-electron chi connectivity index (χ4n) is 2.96. The number of fused-ring (bicyclic) bond motifs is 1. The van der Waals surface area contributed by atoms with Crippen molar-refractivity contribution in [1.82, 2.24) is 15.1 Å². The highest BCUT2D eigenvalue weighted by atomic mass is 16.3. The number of hydrogen-bond acceptors (Lipinski definition) is 3. The van der Waals surface area contributed by atoms with Gasteiger partial charge < -0.3 is 10.4 Å². The smallest absolute Gasteiger partial charge is 0.0644 e. The molecule has 2 aromatic rings. The van der Waals surface area contributed by atoms with E-state index in [-0.39, 0.29) is 6.61 Å². The SMILES string of the molecule is OCCn1ncc2c1CCCC2NCc1ccccc1. The summed E-state index contributed by atoms with van der Waals surface area (Å²) in [6.07, 6.45) is 5.37. The summed E-state index contributed by atoms with van der Waals surface area (Å²) in [6.45, 7) is 1.63. The Hall–Kier alpha value is -1.65. The Morgan fingerprint density at radius 2 is 2.15 bits per heavy atom. The molecule has 0 bridgehead atoms. The highest BCUT2D eigenvalue weighted by molar-refractivity contribution is 5.25. The number of aromatic nitrogens is 2. The second-order valence-electron chi connectivity index (χ2n) is 5.30. The number of hydrogen-bond donors (Lipinski definition) is 2. The first-order valence-electron chi connectivity index (χ1n) is 7.31. The Kier molecular flexibility index (Phi) is 4.14. The molecule has 1 unspecified atom stereocenters. The summed E-state index contributed by atoms with van der Waals surface area (Å²) in [4.78, 5) is 0. The van der Waals surface area contributed by atoms with Crippen LogP contribution < -0.4 is 5.32 Å². The van der Waals surface area contributed by atoms with Gasteiger partial charge in [-0.3, -0.25) is 4.68 Å². The lowest BCUT2D eigenvalue weighted by atomic mass is 9.93. The maximum atomic E-state index is 9.08. The van der Waals surface area contributed by atoms with Crippen LogP contribution in [0.15, 0.2) is 36.5 Å². The summed E-state index contributed by atoms with van der Waals surface area (Å²) in [5.74, 6) is 0. The van der Waals surface area contributed by atoms with Gasteiger partial charge in [-0.25, -0.2) is 0 Å². The van der Waals surface area contributed by atoms with Gasteiger partial charge in [-0.2, -0.15) is 5.10 Å². The van der Waals surface area contributed by atoms with Gasteiger partial charge in [-0.15, -0.1) is 0 Å². The quantitative estimate of drug-likeness (QED) is 0.875. The summed E-state index contributed by atoms with van der Waals surface area (Å²) >= 11 is 0. The molecule has 4 heteroatoms. The van der Waals surface area contributed by atoms with Crippen molar-refractivity contribution in [2.75, 3.05) is 6.61 Å². The third kappa shape index (κ3) is 2.76. The third-order valence-electron chi connectivity index (χ3n) is 3.97. The van der Waals surface area contributed by atoms with E-state index in [1.165, 1.54) is 23.2 Å². The van der Waals surface area contributed by atoms with Gasteiger partial charge in [-0.1, -0.05) is 30.3 Å². The van der Waals surface area contributed by atoms with E-state index in [9.17, 15) is 0 Å². The maximum Gasteiger partial charge on any atom is 0.0644 e. The van der Waals surface area contributed by atoms with Crippen LogP contribution in [-0.4, -0.2) is 21.5 Å². The van der Waals surface area contributed by atoms with Crippen LogP contribution in [-0.2, 0) is 19.5 Å². The zero-order chi connectivity index (χ0) is 13.8. The van der Waals surface area contributed by atoms with Crippen LogP contribution in [0.1, 0.15) is 35.7 Å². The molecule has 0 saturated heterocycles. The van der Waals surface area contributed by atoms with Crippen molar-refractivity contribution in [3.63, 3.8) is 0 Å². The monoisotopic (exact) mass is 271 g/mol. The summed E-state index contributed by atoms with van der Waals surface area (Å²) in [5.41, 5.74) is 3.90. The average Bonchev–Trinajstić information content (AvgIpc) is 2.91. The summed E-state index contributed by atoms with van der Waals surface area (Å²) in [7, 11) is 0. The number of benzene rings is 1. The number of aliphatic hydroxyl groups excluding tert-OH is 1. The molecule has 0 fully saturated rings. The lowest BCUT2D eigenvalue weighted by molar-refractivity contribution is 0.266. The molecule has 4 nitrogen and oxygen atoms in total. The Morgan fingerprint density at radius 3 is 2.95 bits per heavy atom. The first-order valence-corrected chi connectivity index (χ1v) is 7.31. The van der Waals surface area contributed by atoms with Crippen LogP contribution in [0.5, 0.6) is 0 Å². The molecular formula is C16H21N3O. The van der Waals surface area contributed by atoms with Gasteiger partial charge in [0.15, 0.2) is 0 Å². The largest absolute Gasteiger partial charge is 0.394 e. The van der Waals surface area contributed by atoms with Gasteiger partial charge in [0.05, 0.1) is 19.3 Å². The molecule has 1 atom stereocenters. The lowest BCUT2D eigenvalue weighted by Gasteiger charge is -2.24. The molecule has 1 aliphatic rings. The maximum absolute atomic E-state index is 9.08. The van der Waals surface area contributed by atoms with E-state index >= 15 is 0 Å². The molecule has 0 saturated carbocycles. The Labute approximate surface area is 119 Å². The minimum absolute atomic E-state index is 0.149. The summed E-state index contributed by atoms with van der Waals surface area (Å²) in [5, 5.41) is 17.1. The van der Waals surface area contributed by atoms with E-state index in [1.54, 1.807) is 0 Å². The molecule has 1 aromatic carbocycles. The normalized spacial score (nSPS) is 17.9. The summed E-state index contributed by atoms with van der Waals surface area (Å²) < 4.78 is 1.95. The zero-order valence-corrected chi connectivity index (χ0v) is 11.6. The molecule has 0 spiro atoms. The second-order valence-corrected chi connectivity index (χ2v) is 5.30. The van der Waals surface area contributed by atoms with Gasteiger partial charge >= 0.3 is 0 Å². The first-order chi connectivity index (χ1) is 9.88. The van der Waals surface area contributed by atoms with E-state index in [1.807, 2.05) is 16.9 Å². The van der Waals surface area contributed by atoms with Crippen LogP contribution in [0.25, 0.3) is 0 Å². The highest BCUT2D eigenvalue weighted by Crippen LogP contribution is 2.29. The van der Waals surface area contributed by atoms with Gasteiger partial charge in [0.25, 0.3) is 0 Å². The fourth-order valence-corrected chi connectivity index (χ4v) is 2.96. The second kappa shape index (κ2) is 6.20. The molecule has 1 aliphatic carbocycles. The Balaban J connectivity index is 1.70. The molecule has 106 valence electrons. The van der Waals surface area contributed by atoms with E-state index in [0.717, 1.165) is 19.4 Å². The number of nitrogens with zero attached hydrogens (tertiary/aromatic N) is 2. The first kappa shape index (κ1) is 13.3. The van der Waals surface area contributed by atoms with E-state index in [0.29, 0.717) is 12.6 Å². The van der Waals surface area contributed by atoms with Crippen LogP contribution in [0.3, 0.4) is 0 Å². The van der Waals surface area contributed by atoms with E-state index in [4.69, 9.17) is 5.11 Å². The van der Waals surface area contributed by atoms with Gasteiger partial charge in [-0.05, 0) is 24.8 Å². The van der Waals surface area contributed by atoms with Crippen molar-refractivity contribution < 1.29 is 5.11 Å².